The lowest BCUT2D eigenvalue weighted by molar-refractivity contribution is -0.171. The number of ether oxygens (including phenoxy) is 1. The SMILES string of the molecule is Cc1c(F)cccc1Nc1ncc(C(=O)N2CC3CC(C2)O3)c2c(C)cccc12. The van der Waals surface area contributed by atoms with E-state index in [0.717, 1.165) is 22.8 Å². The van der Waals surface area contributed by atoms with Crippen LogP contribution in [0.5, 0.6) is 0 Å². The Labute approximate surface area is 168 Å². The molecule has 148 valence electrons. The first-order valence-electron chi connectivity index (χ1n) is 9.86. The number of fused-ring (bicyclic) bond motifs is 3. The molecule has 2 atom stereocenters. The summed E-state index contributed by atoms with van der Waals surface area (Å²) in [5.74, 6) is 0.329. The van der Waals surface area contributed by atoms with E-state index in [0.29, 0.717) is 35.7 Å². The standard InChI is InChI=1S/C23H22FN3O2/c1-13-5-3-6-17-21(13)18(23(28)27-11-15-9-16(12-27)29-15)10-25-22(17)26-20-8-4-7-19(24)14(20)2/h3-8,10,15-16H,9,11-12H2,1-2H3,(H,25,26). The first kappa shape index (κ1) is 18.1. The Balaban J connectivity index is 1.56. The van der Waals surface area contributed by atoms with Gasteiger partial charge >= 0.3 is 0 Å². The molecule has 3 aliphatic rings. The minimum absolute atomic E-state index is 0.0108. The van der Waals surface area contributed by atoms with E-state index in [1.54, 1.807) is 19.2 Å². The second-order valence-corrected chi connectivity index (χ2v) is 7.88. The molecule has 6 rings (SSSR count). The van der Waals surface area contributed by atoms with Crippen LogP contribution in [0, 0.1) is 19.7 Å². The maximum absolute atomic E-state index is 14.0. The molecule has 4 heterocycles. The molecule has 6 heteroatoms. The van der Waals surface area contributed by atoms with Crippen LogP contribution in [-0.4, -0.2) is 41.1 Å². The van der Waals surface area contributed by atoms with Gasteiger partial charge in [0.15, 0.2) is 0 Å². The summed E-state index contributed by atoms with van der Waals surface area (Å²) >= 11 is 0. The van der Waals surface area contributed by atoms with E-state index in [9.17, 15) is 9.18 Å². The van der Waals surface area contributed by atoms with Gasteiger partial charge in [-0.3, -0.25) is 4.79 Å². The highest BCUT2D eigenvalue weighted by molar-refractivity contribution is 6.10. The van der Waals surface area contributed by atoms with Gasteiger partial charge in [-0.05, 0) is 31.5 Å². The molecule has 3 aromatic rings. The normalized spacial score (nSPS) is 20.4. The molecule has 1 N–H and O–H groups in total. The van der Waals surface area contributed by atoms with E-state index < -0.39 is 0 Å². The predicted molar refractivity (Wildman–Crippen MR) is 110 cm³/mol. The molecule has 0 radical (unpaired) electrons. The third-order valence-corrected chi connectivity index (χ3v) is 5.92. The Kier molecular flexibility index (Phi) is 4.24. The van der Waals surface area contributed by atoms with Crippen LogP contribution < -0.4 is 5.32 Å². The number of hydrogen-bond acceptors (Lipinski definition) is 4. The summed E-state index contributed by atoms with van der Waals surface area (Å²) in [6, 6.07) is 10.8. The molecular formula is C23H22FN3O2. The number of anilines is 2. The van der Waals surface area contributed by atoms with Crippen LogP contribution in [0.1, 0.15) is 27.9 Å². The molecule has 2 bridgehead atoms. The topological polar surface area (TPSA) is 54.5 Å². The van der Waals surface area contributed by atoms with E-state index in [4.69, 9.17) is 4.74 Å². The Morgan fingerprint density at radius 2 is 1.90 bits per heavy atom. The van der Waals surface area contributed by atoms with Crippen molar-refractivity contribution in [2.24, 2.45) is 0 Å². The van der Waals surface area contributed by atoms with Crippen LogP contribution >= 0.6 is 0 Å². The van der Waals surface area contributed by atoms with E-state index in [1.165, 1.54) is 6.07 Å². The average molecular weight is 391 g/mol. The molecule has 1 amide bonds. The van der Waals surface area contributed by atoms with Gasteiger partial charge in [0.05, 0.1) is 17.8 Å². The van der Waals surface area contributed by atoms with Crippen LogP contribution in [0.3, 0.4) is 0 Å². The van der Waals surface area contributed by atoms with Gasteiger partial charge in [0, 0.05) is 47.7 Å². The van der Waals surface area contributed by atoms with Crippen molar-refractivity contribution in [2.75, 3.05) is 18.4 Å². The Hall–Kier alpha value is -2.99. The summed E-state index contributed by atoms with van der Waals surface area (Å²) < 4.78 is 19.6. The molecule has 0 saturated carbocycles. The van der Waals surface area contributed by atoms with Crippen molar-refractivity contribution in [1.82, 2.24) is 9.88 Å². The molecule has 2 unspecified atom stereocenters. The van der Waals surface area contributed by atoms with Crippen molar-refractivity contribution >= 4 is 28.2 Å². The zero-order valence-corrected chi connectivity index (χ0v) is 16.4. The van der Waals surface area contributed by atoms with Crippen molar-refractivity contribution in [2.45, 2.75) is 32.5 Å². The monoisotopic (exact) mass is 391 g/mol. The first-order valence-corrected chi connectivity index (χ1v) is 9.86. The van der Waals surface area contributed by atoms with E-state index >= 15 is 0 Å². The predicted octanol–water partition coefficient (Wildman–Crippen LogP) is 4.35. The summed E-state index contributed by atoms with van der Waals surface area (Å²) in [5, 5.41) is 4.97. The molecule has 5 nitrogen and oxygen atoms in total. The molecule has 0 spiro atoms. The number of aryl methyl sites for hydroxylation is 1. The van der Waals surface area contributed by atoms with Gasteiger partial charge in [0.25, 0.3) is 5.91 Å². The smallest absolute Gasteiger partial charge is 0.256 e. The van der Waals surface area contributed by atoms with Gasteiger partial charge in [-0.25, -0.2) is 9.37 Å². The van der Waals surface area contributed by atoms with Crippen molar-refractivity contribution in [3.05, 3.63) is 65.1 Å². The quantitative estimate of drug-likeness (QED) is 0.721. The molecule has 0 aliphatic carbocycles. The number of aromatic nitrogens is 1. The third-order valence-electron chi connectivity index (χ3n) is 5.92. The molecule has 2 aromatic carbocycles. The van der Waals surface area contributed by atoms with Gasteiger partial charge in [0.2, 0.25) is 0 Å². The number of nitrogens with zero attached hydrogens (tertiary/aromatic N) is 2. The molecular weight excluding hydrogens is 369 g/mol. The number of piperidine rings is 1. The zero-order valence-electron chi connectivity index (χ0n) is 16.4. The van der Waals surface area contributed by atoms with Crippen molar-refractivity contribution in [1.29, 1.82) is 0 Å². The second-order valence-electron chi connectivity index (χ2n) is 7.88. The maximum Gasteiger partial charge on any atom is 0.256 e. The van der Waals surface area contributed by atoms with Gasteiger partial charge in [-0.15, -0.1) is 0 Å². The van der Waals surface area contributed by atoms with Gasteiger partial charge in [-0.2, -0.15) is 0 Å². The van der Waals surface area contributed by atoms with E-state index in [2.05, 4.69) is 10.3 Å². The van der Waals surface area contributed by atoms with Gasteiger partial charge in [-0.1, -0.05) is 24.3 Å². The molecule has 29 heavy (non-hydrogen) atoms. The minimum Gasteiger partial charge on any atom is -0.371 e. The number of benzene rings is 2. The lowest BCUT2D eigenvalue weighted by Gasteiger charge is -2.47. The Bertz CT molecular complexity index is 1110. The highest BCUT2D eigenvalue weighted by atomic mass is 19.1. The molecule has 1 aromatic heterocycles. The average Bonchev–Trinajstić information content (AvgIpc) is 2.71. The van der Waals surface area contributed by atoms with Crippen LogP contribution in [0.2, 0.25) is 0 Å². The maximum atomic E-state index is 14.0. The number of morpholine rings is 1. The Morgan fingerprint density at radius 3 is 2.66 bits per heavy atom. The summed E-state index contributed by atoms with van der Waals surface area (Å²) in [4.78, 5) is 19.7. The number of nitrogens with one attached hydrogen (secondary N) is 1. The van der Waals surface area contributed by atoms with Crippen LogP contribution in [0.4, 0.5) is 15.9 Å². The molecule has 3 fully saturated rings. The number of rotatable bonds is 3. The summed E-state index contributed by atoms with van der Waals surface area (Å²) in [6.45, 7) is 4.98. The van der Waals surface area contributed by atoms with Crippen LogP contribution in [0.15, 0.2) is 42.6 Å². The number of carbonyl (C=O) groups is 1. The highest BCUT2D eigenvalue weighted by Crippen LogP contribution is 2.33. The Morgan fingerprint density at radius 1 is 1.17 bits per heavy atom. The fraction of sp³-hybridized carbons (Fsp3) is 0.304. The highest BCUT2D eigenvalue weighted by Gasteiger charge is 2.40. The molecule has 3 aliphatic heterocycles. The van der Waals surface area contributed by atoms with Crippen LogP contribution in [-0.2, 0) is 4.74 Å². The third kappa shape index (κ3) is 3.04. The second kappa shape index (κ2) is 6.81. The van der Waals surface area contributed by atoms with Crippen molar-refractivity contribution < 1.29 is 13.9 Å². The zero-order chi connectivity index (χ0) is 20.1. The molecule has 3 saturated heterocycles. The number of pyridine rings is 1. The first-order chi connectivity index (χ1) is 14.0. The van der Waals surface area contributed by atoms with Crippen molar-refractivity contribution in [3.8, 4) is 0 Å². The number of carbonyl (C=O) groups excluding carboxylic acids is 1. The summed E-state index contributed by atoms with van der Waals surface area (Å²) in [7, 11) is 0. The van der Waals surface area contributed by atoms with Gasteiger partial charge in [0.1, 0.15) is 11.6 Å². The van der Waals surface area contributed by atoms with Crippen molar-refractivity contribution in [3.63, 3.8) is 0 Å². The van der Waals surface area contributed by atoms with E-state index in [-0.39, 0.29) is 23.9 Å². The number of hydrogen-bond donors (Lipinski definition) is 1. The lowest BCUT2D eigenvalue weighted by atomic mass is 9.96. The summed E-state index contributed by atoms with van der Waals surface area (Å²) in [5.41, 5.74) is 2.79. The minimum atomic E-state index is -0.270. The number of halogens is 1. The van der Waals surface area contributed by atoms with Crippen LogP contribution in [0.25, 0.3) is 10.8 Å². The van der Waals surface area contributed by atoms with Gasteiger partial charge < -0.3 is 15.0 Å². The fourth-order valence-electron chi connectivity index (χ4n) is 4.31. The number of amides is 1. The summed E-state index contributed by atoms with van der Waals surface area (Å²) in [6.07, 6.45) is 3.00. The van der Waals surface area contributed by atoms with E-state index in [1.807, 2.05) is 36.1 Å². The fourth-order valence-corrected chi connectivity index (χ4v) is 4.31. The largest absolute Gasteiger partial charge is 0.371 e. The lowest BCUT2D eigenvalue weighted by Crippen LogP contribution is -2.58.